The summed E-state index contributed by atoms with van der Waals surface area (Å²) in [6, 6.07) is 2.22. The van der Waals surface area contributed by atoms with Crippen molar-refractivity contribution in [3.8, 4) is 0 Å². The van der Waals surface area contributed by atoms with Crippen molar-refractivity contribution in [2.24, 2.45) is 5.92 Å². The summed E-state index contributed by atoms with van der Waals surface area (Å²) in [5.74, 6) is 2.68. The van der Waals surface area contributed by atoms with E-state index in [1.165, 1.54) is 9.58 Å². The van der Waals surface area contributed by atoms with E-state index in [0.717, 1.165) is 100 Å². The van der Waals surface area contributed by atoms with Crippen LogP contribution in [-0.4, -0.2) is 83.1 Å². The van der Waals surface area contributed by atoms with Crippen molar-refractivity contribution in [1.29, 1.82) is 0 Å². The molecule has 3 aromatic heterocycles. The fourth-order valence-electron chi connectivity index (χ4n) is 6.23. The van der Waals surface area contributed by atoms with Crippen LogP contribution in [0.2, 0.25) is 0 Å². The molecule has 5 heterocycles. The summed E-state index contributed by atoms with van der Waals surface area (Å²) in [7, 11) is 0. The molecule has 2 aliphatic heterocycles. The fourth-order valence-corrected chi connectivity index (χ4v) is 7.55. The number of pyridine rings is 1. The number of hydrogen-bond acceptors (Lipinski definition) is 9. The van der Waals surface area contributed by atoms with Gasteiger partial charge in [0.05, 0.1) is 35.4 Å². The third kappa shape index (κ3) is 8.65. The van der Waals surface area contributed by atoms with Crippen LogP contribution in [0.4, 0.5) is 10.6 Å². The van der Waals surface area contributed by atoms with Gasteiger partial charge >= 0.3 is 6.09 Å². The average molecular weight is 643 g/mol. The van der Waals surface area contributed by atoms with Crippen LogP contribution in [0.5, 0.6) is 0 Å². The molecule has 3 aromatic rings. The molecule has 0 atom stereocenters. The lowest BCUT2D eigenvalue weighted by atomic mass is 9.95. The van der Waals surface area contributed by atoms with Gasteiger partial charge < -0.3 is 34.7 Å². The van der Waals surface area contributed by atoms with E-state index < -0.39 is 11.7 Å². The maximum Gasteiger partial charge on any atom is 0.407 e. The van der Waals surface area contributed by atoms with E-state index in [9.17, 15) is 9.59 Å². The number of aromatic nitrogens is 3. The molecule has 0 bridgehead atoms. The Morgan fingerprint density at radius 2 is 1.89 bits per heavy atom. The third-order valence-electron chi connectivity index (χ3n) is 8.64. The first kappa shape index (κ1) is 33.4. The summed E-state index contributed by atoms with van der Waals surface area (Å²) in [5.41, 5.74) is 8.91. The van der Waals surface area contributed by atoms with Gasteiger partial charge in [-0.15, -0.1) is 11.3 Å². The topological polar surface area (TPSA) is 134 Å². The van der Waals surface area contributed by atoms with E-state index in [4.69, 9.17) is 29.9 Å². The summed E-state index contributed by atoms with van der Waals surface area (Å²) in [6.45, 7) is 12.7. The molecule has 0 aliphatic carbocycles. The van der Waals surface area contributed by atoms with Gasteiger partial charge in [-0.1, -0.05) is 13.3 Å². The molecule has 12 heteroatoms. The van der Waals surface area contributed by atoms with E-state index in [2.05, 4.69) is 22.9 Å². The van der Waals surface area contributed by atoms with Gasteiger partial charge in [0.2, 0.25) is 5.91 Å². The first-order chi connectivity index (χ1) is 21.6. The number of nitrogen functional groups attached to an aromatic ring is 1. The first-order valence-electron chi connectivity index (χ1n) is 16.6. The highest BCUT2D eigenvalue weighted by Crippen LogP contribution is 2.40. The Morgan fingerprint density at radius 3 is 2.60 bits per heavy atom. The minimum absolute atomic E-state index is 0.109. The van der Waals surface area contributed by atoms with Crippen LogP contribution in [0.3, 0.4) is 0 Å². The zero-order chi connectivity index (χ0) is 32.0. The first-order valence-corrected chi connectivity index (χ1v) is 17.4. The smallest absolute Gasteiger partial charge is 0.407 e. The Labute approximate surface area is 270 Å². The second kappa shape index (κ2) is 15.1. The lowest BCUT2D eigenvalue weighted by molar-refractivity contribution is -0.133. The maximum atomic E-state index is 12.9. The van der Waals surface area contributed by atoms with Gasteiger partial charge in [-0.2, -0.15) is 0 Å². The van der Waals surface area contributed by atoms with Crippen molar-refractivity contribution in [3.05, 3.63) is 16.8 Å². The molecule has 0 radical (unpaired) electrons. The number of carbonyl (C=O) groups is 2. The maximum absolute atomic E-state index is 12.9. The van der Waals surface area contributed by atoms with Gasteiger partial charge in [-0.05, 0) is 70.8 Å². The van der Waals surface area contributed by atoms with Crippen LogP contribution in [0.25, 0.3) is 21.3 Å². The van der Waals surface area contributed by atoms with Crippen LogP contribution in [0.1, 0.15) is 89.3 Å². The molecule has 5 rings (SSSR count). The lowest BCUT2D eigenvalue weighted by Crippen LogP contribution is -2.38. The molecular formula is C33H50N6O5S. The molecule has 2 saturated heterocycles. The number of anilines is 1. The van der Waals surface area contributed by atoms with E-state index >= 15 is 0 Å². The van der Waals surface area contributed by atoms with Gasteiger partial charge in [0.25, 0.3) is 0 Å². The van der Waals surface area contributed by atoms with Gasteiger partial charge in [-0.3, -0.25) is 4.79 Å². The van der Waals surface area contributed by atoms with Crippen molar-refractivity contribution >= 4 is 50.4 Å². The van der Waals surface area contributed by atoms with Crippen LogP contribution >= 0.6 is 11.3 Å². The average Bonchev–Trinajstić information content (AvgIpc) is 3.59. The van der Waals surface area contributed by atoms with Crippen molar-refractivity contribution in [3.63, 3.8) is 0 Å². The Kier molecular flexibility index (Phi) is 11.2. The second-order valence-electron chi connectivity index (χ2n) is 13.3. The predicted molar refractivity (Wildman–Crippen MR) is 178 cm³/mol. The fraction of sp³-hybridized carbons (Fsp3) is 0.697. The molecule has 3 N–H and O–H groups in total. The number of aryl methyl sites for hydroxylation is 1. The number of amides is 2. The quantitative estimate of drug-likeness (QED) is 0.243. The van der Waals surface area contributed by atoms with Crippen LogP contribution in [0.15, 0.2) is 6.07 Å². The van der Waals surface area contributed by atoms with E-state index in [-0.39, 0.29) is 5.91 Å². The number of thiophene rings is 1. The summed E-state index contributed by atoms with van der Waals surface area (Å²) >= 11 is 1.83. The third-order valence-corrected chi connectivity index (χ3v) is 9.93. The number of ether oxygens (including phenoxy) is 3. The standard InChI is InChI=1S/C33H50N6O5S/c1-5-6-7-26-37-28-29(39(26)21-22-10-16-42-17-11-22)30-24(36-31(28)34)20-25(45-30)23-8-14-38(15-9-23)27(40)12-18-43-19-13-35-32(41)44-33(2,3)4/h20,22-23H,5-19,21H2,1-4H3,(H2,34,36)(H,35,41). The van der Waals surface area contributed by atoms with Crippen LogP contribution in [-0.2, 0) is 32.0 Å². The SMILES string of the molecule is CCCCc1nc2c(N)nc3cc(C4CCN(C(=O)CCOCCNC(=O)OC(C)(C)C)CC4)sc3c2n1CC1CCOCC1. The van der Waals surface area contributed by atoms with E-state index in [1.807, 2.05) is 37.0 Å². The van der Waals surface area contributed by atoms with Gasteiger partial charge in [-0.25, -0.2) is 14.8 Å². The molecule has 0 spiro atoms. The van der Waals surface area contributed by atoms with Crippen molar-refractivity contribution in [1.82, 2.24) is 24.8 Å². The largest absolute Gasteiger partial charge is 0.444 e. The van der Waals surface area contributed by atoms with Crippen molar-refractivity contribution < 1.29 is 23.8 Å². The lowest BCUT2D eigenvalue weighted by Gasteiger charge is -2.31. The Morgan fingerprint density at radius 1 is 1.13 bits per heavy atom. The highest BCUT2D eigenvalue weighted by atomic mass is 32.1. The molecule has 0 aromatic carbocycles. The number of alkyl carbamates (subject to hydrolysis) is 1. The number of likely N-dealkylation sites (tertiary alicyclic amines) is 1. The molecule has 248 valence electrons. The number of hydrogen-bond donors (Lipinski definition) is 2. The number of rotatable bonds is 12. The number of fused-ring (bicyclic) bond motifs is 3. The van der Waals surface area contributed by atoms with Crippen molar-refractivity contribution in [2.75, 3.05) is 51.8 Å². The van der Waals surface area contributed by atoms with Gasteiger partial charge in [0.15, 0.2) is 5.82 Å². The summed E-state index contributed by atoms with van der Waals surface area (Å²) in [4.78, 5) is 37.7. The van der Waals surface area contributed by atoms with Gasteiger partial charge in [0.1, 0.15) is 16.9 Å². The number of nitrogens with two attached hydrogens (primary N) is 1. The number of piperidine rings is 1. The zero-order valence-corrected chi connectivity index (χ0v) is 28.2. The molecule has 2 fully saturated rings. The summed E-state index contributed by atoms with van der Waals surface area (Å²) in [5, 5.41) is 2.66. The zero-order valence-electron chi connectivity index (χ0n) is 27.4. The number of carbonyl (C=O) groups excluding carboxylic acids is 2. The Hall–Kier alpha value is -2.96. The molecule has 0 saturated carbocycles. The van der Waals surface area contributed by atoms with Crippen LogP contribution < -0.4 is 11.1 Å². The normalized spacial score (nSPS) is 16.9. The molecule has 2 aliphatic rings. The molecule has 0 unspecified atom stereocenters. The number of nitrogens with zero attached hydrogens (tertiary/aromatic N) is 4. The molecule has 11 nitrogen and oxygen atoms in total. The number of unbranched alkanes of at least 4 members (excludes halogenated alkanes) is 1. The minimum atomic E-state index is -0.536. The predicted octanol–water partition coefficient (Wildman–Crippen LogP) is 5.63. The van der Waals surface area contributed by atoms with Crippen molar-refractivity contribution in [2.45, 2.75) is 97.1 Å². The highest BCUT2D eigenvalue weighted by molar-refractivity contribution is 7.20. The molecule has 45 heavy (non-hydrogen) atoms. The van der Waals surface area contributed by atoms with Crippen LogP contribution in [0, 0.1) is 5.92 Å². The number of imidazole rings is 1. The summed E-state index contributed by atoms with van der Waals surface area (Å²) in [6.07, 6.45) is 6.99. The summed E-state index contributed by atoms with van der Waals surface area (Å²) < 4.78 is 20.0. The highest BCUT2D eigenvalue weighted by Gasteiger charge is 2.27. The second-order valence-corrected chi connectivity index (χ2v) is 14.4. The minimum Gasteiger partial charge on any atom is -0.444 e. The van der Waals surface area contributed by atoms with E-state index in [1.54, 1.807) is 0 Å². The van der Waals surface area contributed by atoms with Gasteiger partial charge in [0, 0.05) is 50.7 Å². The Balaban J connectivity index is 1.19. The molecular weight excluding hydrogens is 592 g/mol. The Bertz CT molecular complexity index is 1450. The number of nitrogens with one attached hydrogen (secondary N) is 1. The monoisotopic (exact) mass is 642 g/mol. The molecule has 2 amide bonds. The van der Waals surface area contributed by atoms with E-state index in [0.29, 0.717) is 43.8 Å².